The maximum Gasteiger partial charge on any atom is 0.264 e. The fourth-order valence-electron chi connectivity index (χ4n) is 5.15. The van der Waals surface area contributed by atoms with Crippen LogP contribution in [-0.4, -0.2) is 87.7 Å². The van der Waals surface area contributed by atoms with Crippen molar-refractivity contribution in [2.24, 2.45) is 0 Å². The number of anilines is 1. The lowest BCUT2D eigenvalue weighted by molar-refractivity contribution is -0.122. The Labute approximate surface area is 209 Å². The molecule has 0 spiro atoms. The lowest BCUT2D eigenvalue weighted by atomic mass is 10.0. The maximum atomic E-state index is 13.7. The average Bonchev–Trinajstić information content (AvgIpc) is 3.21. The highest BCUT2D eigenvalue weighted by Gasteiger charge is 2.50. The molecule has 0 aliphatic carbocycles. The first-order chi connectivity index (χ1) is 17.5. The fourth-order valence-corrected chi connectivity index (χ4v) is 5.15. The van der Waals surface area contributed by atoms with Gasteiger partial charge in [-0.3, -0.25) is 24.2 Å². The predicted molar refractivity (Wildman–Crippen MR) is 131 cm³/mol. The van der Waals surface area contributed by atoms with Gasteiger partial charge < -0.3 is 24.4 Å². The van der Waals surface area contributed by atoms with Crippen molar-refractivity contribution in [3.63, 3.8) is 0 Å². The summed E-state index contributed by atoms with van der Waals surface area (Å²) in [7, 11) is 2.98. The summed E-state index contributed by atoms with van der Waals surface area (Å²) in [5, 5.41) is 2.93. The third-order valence-corrected chi connectivity index (χ3v) is 6.87. The summed E-state index contributed by atoms with van der Waals surface area (Å²) < 4.78 is 16.3. The number of hydrogen-bond acceptors (Lipinski definition) is 7. The van der Waals surface area contributed by atoms with Gasteiger partial charge in [-0.25, -0.2) is 0 Å². The van der Waals surface area contributed by atoms with Gasteiger partial charge in [-0.1, -0.05) is 18.2 Å². The molecule has 2 aromatic carbocycles. The number of carbonyl (C=O) groups is 3. The number of fused-ring (bicyclic) bond motifs is 5. The number of morpholine rings is 1. The Kier molecular flexibility index (Phi) is 6.80. The van der Waals surface area contributed by atoms with E-state index in [1.54, 1.807) is 41.3 Å². The second-order valence-corrected chi connectivity index (χ2v) is 8.92. The van der Waals surface area contributed by atoms with Crippen LogP contribution in [0, 0.1) is 0 Å². The molecule has 1 atom stereocenters. The van der Waals surface area contributed by atoms with E-state index in [1.165, 1.54) is 19.1 Å². The van der Waals surface area contributed by atoms with Crippen LogP contribution in [0.5, 0.6) is 11.5 Å². The topological polar surface area (TPSA) is 101 Å². The van der Waals surface area contributed by atoms with Crippen molar-refractivity contribution >= 4 is 23.4 Å². The van der Waals surface area contributed by atoms with Crippen LogP contribution in [0.3, 0.4) is 0 Å². The van der Waals surface area contributed by atoms with E-state index < -0.39 is 6.17 Å². The zero-order valence-corrected chi connectivity index (χ0v) is 20.5. The van der Waals surface area contributed by atoms with Crippen LogP contribution in [0.15, 0.2) is 36.4 Å². The standard InChI is InChI=1S/C26H30N4O6/c1-34-20-9-8-18-22(23(20)35-2)26(33)30-19-7-4-3-6-17(19)25(32)29(24(18)30)16-21(31)27-10-5-11-28-12-14-36-15-13-28/h3-4,6-9,24H,5,10-16H2,1-2H3,(H,27,31)/t24-/m1/s1. The Balaban J connectivity index is 1.39. The molecule has 2 aromatic rings. The number of para-hydroxylation sites is 1. The number of benzene rings is 2. The minimum Gasteiger partial charge on any atom is -0.493 e. The summed E-state index contributed by atoms with van der Waals surface area (Å²) in [4.78, 5) is 45.5. The van der Waals surface area contributed by atoms with Gasteiger partial charge in [0.15, 0.2) is 11.5 Å². The van der Waals surface area contributed by atoms with E-state index >= 15 is 0 Å². The van der Waals surface area contributed by atoms with Gasteiger partial charge in [0.05, 0.1) is 44.2 Å². The number of amides is 3. The van der Waals surface area contributed by atoms with E-state index in [1.807, 2.05) is 0 Å². The first-order valence-corrected chi connectivity index (χ1v) is 12.1. The van der Waals surface area contributed by atoms with Crippen LogP contribution in [-0.2, 0) is 9.53 Å². The van der Waals surface area contributed by atoms with Crippen LogP contribution in [0.1, 0.15) is 38.9 Å². The monoisotopic (exact) mass is 494 g/mol. The summed E-state index contributed by atoms with van der Waals surface area (Å²) in [6.45, 7) is 4.47. The molecule has 10 heteroatoms. The Morgan fingerprint density at radius 3 is 2.58 bits per heavy atom. The van der Waals surface area contributed by atoms with Gasteiger partial charge in [0, 0.05) is 25.2 Å². The molecule has 0 saturated carbocycles. The minimum atomic E-state index is -0.756. The predicted octanol–water partition coefficient (Wildman–Crippen LogP) is 1.66. The normalized spacial score (nSPS) is 19.0. The van der Waals surface area contributed by atoms with Crippen LogP contribution in [0.25, 0.3) is 0 Å². The van der Waals surface area contributed by atoms with Gasteiger partial charge in [-0.15, -0.1) is 0 Å². The van der Waals surface area contributed by atoms with E-state index in [9.17, 15) is 14.4 Å². The van der Waals surface area contributed by atoms with Crippen molar-refractivity contribution < 1.29 is 28.6 Å². The molecular weight excluding hydrogens is 464 g/mol. The molecule has 3 aliphatic heterocycles. The summed E-state index contributed by atoms with van der Waals surface area (Å²) in [5.41, 5.74) is 1.82. The van der Waals surface area contributed by atoms with E-state index in [0.29, 0.717) is 40.4 Å². The minimum absolute atomic E-state index is 0.174. The van der Waals surface area contributed by atoms with Crippen LogP contribution < -0.4 is 19.7 Å². The van der Waals surface area contributed by atoms with Gasteiger partial charge in [0.1, 0.15) is 12.7 Å². The van der Waals surface area contributed by atoms with E-state index in [-0.39, 0.29) is 24.3 Å². The molecule has 0 bridgehead atoms. The molecule has 3 amide bonds. The summed E-state index contributed by atoms with van der Waals surface area (Å²) >= 11 is 0. The molecule has 36 heavy (non-hydrogen) atoms. The van der Waals surface area contributed by atoms with Gasteiger partial charge in [-0.2, -0.15) is 0 Å². The smallest absolute Gasteiger partial charge is 0.264 e. The Hall–Kier alpha value is -3.63. The first kappa shape index (κ1) is 24.1. The van der Waals surface area contributed by atoms with Crippen LogP contribution >= 0.6 is 0 Å². The second kappa shape index (κ2) is 10.2. The lowest BCUT2D eigenvalue weighted by Gasteiger charge is -2.40. The van der Waals surface area contributed by atoms with E-state index in [4.69, 9.17) is 14.2 Å². The quantitative estimate of drug-likeness (QED) is 0.557. The molecule has 10 nitrogen and oxygen atoms in total. The average molecular weight is 495 g/mol. The van der Waals surface area contributed by atoms with E-state index in [2.05, 4.69) is 10.2 Å². The van der Waals surface area contributed by atoms with E-state index in [0.717, 1.165) is 39.3 Å². The van der Waals surface area contributed by atoms with Gasteiger partial charge in [0.25, 0.3) is 11.8 Å². The second-order valence-electron chi connectivity index (χ2n) is 8.92. The molecule has 1 fully saturated rings. The lowest BCUT2D eigenvalue weighted by Crippen LogP contribution is -2.51. The van der Waals surface area contributed by atoms with Crippen molar-refractivity contribution in [2.75, 3.05) is 65.1 Å². The summed E-state index contributed by atoms with van der Waals surface area (Å²) in [6, 6.07) is 10.4. The molecule has 1 saturated heterocycles. The third kappa shape index (κ3) is 4.16. The highest BCUT2D eigenvalue weighted by Crippen LogP contribution is 2.49. The molecule has 0 aromatic heterocycles. The zero-order valence-electron chi connectivity index (χ0n) is 20.5. The van der Waals surface area contributed by atoms with Gasteiger partial charge in [-0.05, 0) is 31.2 Å². The van der Waals surface area contributed by atoms with Crippen molar-refractivity contribution in [3.8, 4) is 11.5 Å². The number of nitrogens with one attached hydrogen (secondary N) is 1. The highest BCUT2D eigenvalue weighted by molar-refractivity contribution is 6.18. The molecular formula is C26H30N4O6. The fraction of sp³-hybridized carbons (Fsp3) is 0.423. The highest BCUT2D eigenvalue weighted by atomic mass is 16.5. The molecule has 1 N–H and O–H groups in total. The molecule has 0 unspecified atom stereocenters. The number of ether oxygens (including phenoxy) is 3. The molecule has 3 heterocycles. The molecule has 5 rings (SSSR count). The van der Waals surface area contributed by atoms with Crippen molar-refractivity contribution in [2.45, 2.75) is 12.6 Å². The van der Waals surface area contributed by atoms with Gasteiger partial charge >= 0.3 is 0 Å². The van der Waals surface area contributed by atoms with Crippen molar-refractivity contribution in [3.05, 3.63) is 53.1 Å². The SMILES string of the molecule is COc1ccc2c(c1OC)C(=O)N1c3ccccc3C(=O)N(CC(=O)NCCCN3CCOCC3)[C@@H]21. The Morgan fingerprint density at radius 2 is 1.83 bits per heavy atom. The number of rotatable bonds is 8. The number of hydrogen-bond donors (Lipinski definition) is 1. The largest absolute Gasteiger partial charge is 0.493 e. The molecule has 190 valence electrons. The molecule has 0 radical (unpaired) electrons. The summed E-state index contributed by atoms with van der Waals surface area (Å²) in [5.74, 6) is -0.140. The number of methoxy groups -OCH3 is 2. The van der Waals surface area contributed by atoms with Crippen LogP contribution in [0.4, 0.5) is 5.69 Å². The van der Waals surface area contributed by atoms with Gasteiger partial charge in [0.2, 0.25) is 5.91 Å². The number of carbonyl (C=O) groups excluding carboxylic acids is 3. The molecule has 3 aliphatic rings. The van der Waals surface area contributed by atoms with Crippen molar-refractivity contribution in [1.29, 1.82) is 0 Å². The first-order valence-electron chi connectivity index (χ1n) is 12.1. The maximum absolute atomic E-state index is 13.7. The number of nitrogens with zero attached hydrogens (tertiary/aromatic N) is 3. The Morgan fingerprint density at radius 1 is 1.06 bits per heavy atom. The third-order valence-electron chi connectivity index (χ3n) is 6.87. The summed E-state index contributed by atoms with van der Waals surface area (Å²) in [6.07, 6.45) is 0.0462. The zero-order chi connectivity index (χ0) is 25.2. The van der Waals surface area contributed by atoms with Crippen molar-refractivity contribution in [1.82, 2.24) is 15.1 Å². The van der Waals surface area contributed by atoms with Crippen LogP contribution in [0.2, 0.25) is 0 Å². The Bertz CT molecular complexity index is 1180.